The largest absolute Gasteiger partial charge is 0.449 e. The van der Waals surface area contributed by atoms with E-state index in [-0.39, 0.29) is 24.4 Å². The third-order valence-corrected chi connectivity index (χ3v) is 5.40. The van der Waals surface area contributed by atoms with Gasteiger partial charge in [0.1, 0.15) is 0 Å². The summed E-state index contributed by atoms with van der Waals surface area (Å²) >= 11 is 0. The molecule has 1 saturated heterocycles. The number of alkyl halides is 3. The Bertz CT molecular complexity index is 626. The molecule has 4 rings (SSSR count). The van der Waals surface area contributed by atoms with E-state index >= 15 is 0 Å². The highest BCUT2D eigenvalue weighted by Crippen LogP contribution is 2.50. The van der Waals surface area contributed by atoms with E-state index in [0.29, 0.717) is 24.7 Å². The molecule has 1 N–H and O–H groups in total. The molecular formula is C14H17F3N4O. The second-order valence-corrected chi connectivity index (χ2v) is 6.47. The molecular weight excluding hydrogens is 297 g/mol. The van der Waals surface area contributed by atoms with Crippen molar-refractivity contribution < 1.29 is 18.0 Å². The lowest BCUT2D eigenvalue weighted by atomic mass is 9.61. The van der Waals surface area contributed by atoms with Crippen LogP contribution >= 0.6 is 0 Å². The zero-order valence-electron chi connectivity index (χ0n) is 12.0. The predicted molar refractivity (Wildman–Crippen MR) is 70.7 cm³/mol. The summed E-state index contributed by atoms with van der Waals surface area (Å²) in [6.07, 6.45) is -1.27. The van der Waals surface area contributed by atoms with E-state index < -0.39 is 12.0 Å². The van der Waals surface area contributed by atoms with Crippen LogP contribution in [0.15, 0.2) is 6.20 Å². The topological polar surface area (TPSA) is 50.2 Å². The van der Waals surface area contributed by atoms with E-state index in [1.807, 2.05) is 0 Å². The molecule has 2 fully saturated rings. The summed E-state index contributed by atoms with van der Waals surface area (Å²) in [5.74, 6) is -0.385. The second-order valence-electron chi connectivity index (χ2n) is 6.47. The van der Waals surface area contributed by atoms with Crippen LogP contribution in [0.3, 0.4) is 0 Å². The number of amides is 1. The highest BCUT2D eigenvalue weighted by Gasteiger charge is 2.56. The summed E-state index contributed by atoms with van der Waals surface area (Å²) in [6, 6.07) is 0. The molecule has 1 aromatic rings. The van der Waals surface area contributed by atoms with E-state index in [1.54, 1.807) is 4.90 Å². The van der Waals surface area contributed by atoms with Gasteiger partial charge in [-0.1, -0.05) is 0 Å². The molecule has 3 heterocycles. The lowest BCUT2D eigenvalue weighted by molar-refractivity contribution is -0.152. The maximum absolute atomic E-state index is 12.9. The minimum absolute atomic E-state index is 0.0924. The zero-order valence-corrected chi connectivity index (χ0v) is 12.0. The Labute approximate surface area is 125 Å². The Hall–Kier alpha value is -1.57. The van der Waals surface area contributed by atoms with Crippen LogP contribution in [0, 0.1) is 11.3 Å². The number of hydrogen-bond acceptors (Lipinski definition) is 3. The number of carbonyl (C=O) groups excluding carboxylic acids is 1. The Morgan fingerprint density at radius 1 is 1.41 bits per heavy atom. The Kier molecular flexibility index (Phi) is 2.85. The smallest absolute Gasteiger partial charge is 0.334 e. The van der Waals surface area contributed by atoms with Gasteiger partial charge in [-0.05, 0) is 25.3 Å². The van der Waals surface area contributed by atoms with Crippen LogP contribution in [0.2, 0.25) is 0 Å². The molecule has 0 radical (unpaired) electrons. The third-order valence-electron chi connectivity index (χ3n) is 5.40. The van der Waals surface area contributed by atoms with Crippen LogP contribution in [0.1, 0.15) is 24.4 Å². The minimum Gasteiger partial charge on any atom is -0.334 e. The summed E-state index contributed by atoms with van der Waals surface area (Å²) < 4.78 is 39.8. The molecule has 1 amide bonds. The Morgan fingerprint density at radius 2 is 2.23 bits per heavy atom. The first-order chi connectivity index (χ1) is 10.4. The SMILES string of the molecule is O=C(N1CCn2c(cnc2C(F)(F)F)C1)[C@]12CC[C@H]1CNC2. The van der Waals surface area contributed by atoms with Gasteiger partial charge in [0, 0.05) is 19.6 Å². The molecule has 2 aliphatic heterocycles. The van der Waals surface area contributed by atoms with Crippen LogP contribution in [-0.4, -0.2) is 40.0 Å². The van der Waals surface area contributed by atoms with E-state index in [9.17, 15) is 18.0 Å². The fraction of sp³-hybridized carbons (Fsp3) is 0.714. The molecule has 0 spiro atoms. The molecule has 2 atom stereocenters. The summed E-state index contributed by atoms with van der Waals surface area (Å²) in [6.45, 7) is 2.26. The van der Waals surface area contributed by atoms with Crippen LogP contribution in [-0.2, 0) is 24.1 Å². The molecule has 120 valence electrons. The molecule has 22 heavy (non-hydrogen) atoms. The number of fused-ring (bicyclic) bond motifs is 2. The van der Waals surface area contributed by atoms with E-state index in [4.69, 9.17) is 0 Å². The highest BCUT2D eigenvalue weighted by atomic mass is 19.4. The maximum atomic E-state index is 12.9. The van der Waals surface area contributed by atoms with Crippen molar-refractivity contribution in [1.82, 2.24) is 19.8 Å². The van der Waals surface area contributed by atoms with Crippen molar-refractivity contribution >= 4 is 5.91 Å². The van der Waals surface area contributed by atoms with Crippen LogP contribution in [0.25, 0.3) is 0 Å². The van der Waals surface area contributed by atoms with Crippen molar-refractivity contribution in [3.8, 4) is 0 Å². The van der Waals surface area contributed by atoms with E-state index in [1.165, 1.54) is 10.8 Å². The normalized spacial score (nSPS) is 30.7. The number of hydrogen-bond donors (Lipinski definition) is 1. The van der Waals surface area contributed by atoms with Gasteiger partial charge in [0.25, 0.3) is 0 Å². The maximum Gasteiger partial charge on any atom is 0.449 e. The second kappa shape index (κ2) is 4.47. The monoisotopic (exact) mass is 314 g/mol. The summed E-state index contributed by atoms with van der Waals surface area (Å²) in [7, 11) is 0. The lowest BCUT2D eigenvalue weighted by Crippen LogP contribution is -2.54. The summed E-state index contributed by atoms with van der Waals surface area (Å²) in [4.78, 5) is 18.0. The van der Waals surface area contributed by atoms with Crippen molar-refractivity contribution in [3.05, 3.63) is 17.7 Å². The average Bonchev–Trinajstić information content (AvgIpc) is 2.99. The average molecular weight is 314 g/mol. The van der Waals surface area contributed by atoms with E-state index in [2.05, 4.69) is 10.3 Å². The summed E-state index contributed by atoms with van der Waals surface area (Å²) in [5, 5.41) is 3.27. The van der Waals surface area contributed by atoms with Gasteiger partial charge < -0.3 is 14.8 Å². The van der Waals surface area contributed by atoms with Crippen LogP contribution in [0.4, 0.5) is 13.2 Å². The number of nitrogens with zero attached hydrogens (tertiary/aromatic N) is 3. The van der Waals surface area contributed by atoms with Crippen molar-refractivity contribution in [2.24, 2.45) is 11.3 Å². The minimum atomic E-state index is -4.45. The molecule has 0 unspecified atom stereocenters. The standard InChI is InChI=1S/C14H17F3N4O/c15-14(16,17)11-19-6-10-7-20(3-4-21(10)11)12(22)13-2-1-9(13)5-18-8-13/h6,9,18H,1-5,7-8H2/t9-,13-/m0/s1. The lowest BCUT2D eigenvalue weighted by Gasteiger charge is -2.46. The van der Waals surface area contributed by atoms with Gasteiger partial charge in [-0.2, -0.15) is 13.2 Å². The first-order valence-electron chi connectivity index (χ1n) is 7.53. The number of aromatic nitrogens is 2. The van der Waals surface area contributed by atoms with Crippen LogP contribution < -0.4 is 5.32 Å². The molecule has 1 aromatic heterocycles. The number of imidazole rings is 1. The number of carbonyl (C=O) groups is 1. The molecule has 1 saturated carbocycles. The molecule has 5 nitrogen and oxygen atoms in total. The number of nitrogens with one attached hydrogen (secondary N) is 1. The summed E-state index contributed by atoms with van der Waals surface area (Å²) in [5.41, 5.74) is 0.153. The fourth-order valence-electron chi connectivity index (χ4n) is 4.05. The number of rotatable bonds is 1. The van der Waals surface area contributed by atoms with Crippen molar-refractivity contribution in [3.63, 3.8) is 0 Å². The van der Waals surface area contributed by atoms with Crippen molar-refractivity contribution in [1.29, 1.82) is 0 Å². The fourth-order valence-corrected chi connectivity index (χ4v) is 4.05. The van der Waals surface area contributed by atoms with Crippen molar-refractivity contribution in [2.45, 2.75) is 32.1 Å². The zero-order chi connectivity index (χ0) is 15.5. The quantitative estimate of drug-likeness (QED) is 0.849. The van der Waals surface area contributed by atoms with Crippen molar-refractivity contribution in [2.75, 3.05) is 19.6 Å². The van der Waals surface area contributed by atoms with Gasteiger partial charge >= 0.3 is 6.18 Å². The third kappa shape index (κ3) is 1.82. The molecule has 0 bridgehead atoms. The highest BCUT2D eigenvalue weighted by molar-refractivity contribution is 5.85. The molecule has 0 aromatic carbocycles. The van der Waals surface area contributed by atoms with Gasteiger partial charge in [0.05, 0.1) is 23.9 Å². The van der Waals surface area contributed by atoms with Gasteiger partial charge in [-0.3, -0.25) is 4.79 Å². The van der Waals surface area contributed by atoms with Crippen LogP contribution in [0.5, 0.6) is 0 Å². The number of halogens is 3. The van der Waals surface area contributed by atoms with Gasteiger partial charge in [-0.15, -0.1) is 0 Å². The van der Waals surface area contributed by atoms with Gasteiger partial charge in [0.2, 0.25) is 11.7 Å². The first kappa shape index (κ1) is 14.0. The van der Waals surface area contributed by atoms with Gasteiger partial charge in [-0.25, -0.2) is 4.98 Å². The molecule has 8 heteroatoms. The van der Waals surface area contributed by atoms with Gasteiger partial charge in [0.15, 0.2) is 0 Å². The first-order valence-corrected chi connectivity index (χ1v) is 7.53. The molecule has 1 aliphatic carbocycles. The molecule has 3 aliphatic rings. The Morgan fingerprint density at radius 3 is 2.86 bits per heavy atom. The van der Waals surface area contributed by atoms with E-state index in [0.717, 1.165) is 19.4 Å². The Balaban J connectivity index is 1.56. The predicted octanol–water partition coefficient (Wildman–Crippen LogP) is 1.24.